The summed E-state index contributed by atoms with van der Waals surface area (Å²) in [7, 11) is 1.70. The predicted octanol–water partition coefficient (Wildman–Crippen LogP) is 1.05. The van der Waals surface area contributed by atoms with E-state index in [1.807, 2.05) is 0 Å². The largest absolute Gasteiger partial charge is 0.376 e. The van der Waals surface area contributed by atoms with E-state index in [4.69, 9.17) is 18.0 Å². The number of nitrogens with zero attached hydrogens (tertiary/aromatic N) is 2. The maximum Gasteiger partial charge on any atom is 0.144 e. The van der Waals surface area contributed by atoms with E-state index in [1.54, 1.807) is 14.0 Å². The molecule has 4 heteroatoms. The van der Waals surface area contributed by atoms with Gasteiger partial charge in [0.15, 0.2) is 0 Å². The molecule has 1 N–H and O–H groups in total. The number of rotatable bonds is 1. The highest BCUT2D eigenvalue weighted by molar-refractivity contribution is 6.30. The summed E-state index contributed by atoms with van der Waals surface area (Å²) < 4.78 is 1.48. The van der Waals surface area contributed by atoms with Gasteiger partial charge in [-0.3, -0.25) is 4.68 Å². The number of halogens is 1. The van der Waals surface area contributed by atoms with Crippen LogP contribution in [0.2, 0.25) is 5.15 Å². The van der Waals surface area contributed by atoms with Gasteiger partial charge in [-0.1, -0.05) is 17.5 Å². The highest BCUT2D eigenvalue weighted by Gasteiger charge is 2.16. The normalized spacial score (nSPS) is 12.6. The van der Waals surface area contributed by atoms with Crippen LogP contribution in [0.3, 0.4) is 0 Å². The van der Waals surface area contributed by atoms with Gasteiger partial charge in [-0.25, -0.2) is 0 Å². The Hall–Kier alpha value is -0.980. The van der Waals surface area contributed by atoms with Crippen LogP contribution in [0.25, 0.3) is 0 Å². The summed E-state index contributed by atoms with van der Waals surface area (Å²) in [6.45, 7) is 1.75. The van der Waals surface area contributed by atoms with Gasteiger partial charge in [0.05, 0.1) is 11.3 Å². The van der Waals surface area contributed by atoms with Crippen LogP contribution >= 0.6 is 11.6 Å². The second-order valence-corrected chi connectivity index (χ2v) is 2.84. The average molecular weight is 185 g/mol. The van der Waals surface area contributed by atoms with Crippen molar-refractivity contribution in [2.75, 3.05) is 0 Å². The summed E-state index contributed by atoms with van der Waals surface area (Å²) in [6, 6.07) is 0. The third kappa shape index (κ3) is 1.31. The smallest absolute Gasteiger partial charge is 0.144 e. The molecule has 0 bridgehead atoms. The Morgan fingerprint density at radius 3 is 2.67 bits per heavy atom. The Kier molecular flexibility index (Phi) is 2.41. The molecule has 0 spiro atoms. The lowest BCUT2D eigenvalue weighted by Gasteiger charge is -2.01. The summed E-state index contributed by atoms with van der Waals surface area (Å²) in [5, 5.41) is 13.7. The number of aryl methyl sites for hydroxylation is 2. The molecule has 0 aromatic carbocycles. The van der Waals surface area contributed by atoms with Crippen molar-refractivity contribution in [1.29, 1.82) is 0 Å². The molecule has 12 heavy (non-hydrogen) atoms. The minimum Gasteiger partial charge on any atom is -0.376 e. The number of hydrogen-bond acceptors (Lipinski definition) is 2. The lowest BCUT2D eigenvalue weighted by molar-refractivity contribution is 0.238. The summed E-state index contributed by atoms with van der Waals surface area (Å²) >= 11 is 5.83. The van der Waals surface area contributed by atoms with Crippen LogP contribution in [0.1, 0.15) is 17.4 Å². The Bertz CT molecular complexity index is 338. The molecule has 0 radical (unpaired) electrons. The van der Waals surface area contributed by atoms with Gasteiger partial charge in [-0.15, -0.1) is 6.42 Å². The molecule has 64 valence electrons. The van der Waals surface area contributed by atoms with E-state index in [1.165, 1.54) is 4.68 Å². The molecule has 3 nitrogen and oxygen atoms in total. The second-order valence-electron chi connectivity index (χ2n) is 2.48. The van der Waals surface area contributed by atoms with E-state index in [0.717, 1.165) is 0 Å². The zero-order valence-corrected chi connectivity index (χ0v) is 7.63. The van der Waals surface area contributed by atoms with Crippen LogP contribution in [-0.2, 0) is 7.05 Å². The van der Waals surface area contributed by atoms with Gasteiger partial charge < -0.3 is 5.11 Å². The van der Waals surface area contributed by atoms with E-state index in [2.05, 4.69) is 11.0 Å². The molecule has 0 saturated carbocycles. The van der Waals surface area contributed by atoms with E-state index in [0.29, 0.717) is 16.4 Å². The van der Waals surface area contributed by atoms with Crippen molar-refractivity contribution in [3.63, 3.8) is 0 Å². The quantitative estimate of drug-likeness (QED) is 0.663. The first-order chi connectivity index (χ1) is 5.57. The first-order valence-corrected chi connectivity index (χ1v) is 3.79. The molecule has 0 aliphatic heterocycles. The molecule has 1 atom stereocenters. The lowest BCUT2D eigenvalue weighted by atomic mass is 10.1. The average Bonchev–Trinajstić information content (AvgIpc) is 2.26. The van der Waals surface area contributed by atoms with Gasteiger partial charge >= 0.3 is 0 Å². The number of aliphatic hydroxyl groups is 1. The van der Waals surface area contributed by atoms with Crippen LogP contribution in [0.4, 0.5) is 0 Å². The number of aromatic nitrogens is 2. The Morgan fingerprint density at radius 1 is 1.75 bits per heavy atom. The number of hydrogen-bond donors (Lipinski definition) is 1. The molecule has 1 aromatic heterocycles. The first-order valence-electron chi connectivity index (χ1n) is 3.41. The Labute approximate surface area is 76.0 Å². The van der Waals surface area contributed by atoms with E-state index < -0.39 is 6.10 Å². The summed E-state index contributed by atoms with van der Waals surface area (Å²) in [4.78, 5) is 0. The first kappa shape index (κ1) is 9.11. The molecule has 0 aliphatic rings. The second kappa shape index (κ2) is 3.18. The fourth-order valence-corrected chi connectivity index (χ4v) is 1.32. The van der Waals surface area contributed by atoms with Crippen molar-refractivity contribution < 1.29 is 5.11 Å². The SMILES string of the molecule is C#CC(O)c1c(C)nn(C)c1Cl. The molecular formula is C8H9ClN2O. The van der Waals surface area contributed by atoms with Gasteiger partial charge in [0.2, 0.25) is 0 Å². The van der Waals surface area contributed by atoms with Crippen molar-refractivity contribution in [3.05, 3.63) is 16.4 Å². The van der Waals surface area contributed by atoms with Crippen LogP contribution < -0.4 is 0 Å². The zero-order valence-electron chi connectivity index (χ0n) is 6.87. The van der Waals surface area contributed by atoms with Gasteiger partial charge in [-0.05, 0) is 6.92 Å². The standard InChI is InChI=1S/C8H9ClN2O/c1-4-6(12)7-5(2)10-11(3)8(7)9/h1,6,12H,2-3H3. The molecule has 1 aromatic rings. The summed E-state index contributed by atoms with van der Waals surface area (Å²) in [5.74, 6) is 2.19. The molecule has 1 heterocycles. The van der Waals surface area contributed by atoms with Crippen molar-refractivity contribution in [1.82, 2.24) is 9.78 Å². The maximum atomic E-state index is 9.33. The predicted molar refractivity (Wildman–Crippen MR) is 46.7 cm³/mol. The highest BCUT2D eigenvalue weighted by atomic mass is 35.5. The summed E-state index contributed by atoms with van der Waals surface area (Å²) in [5.41, 5.74) is 1.18. The van der Waals surface area contributed by atoms with Crippen LogP contribution in [0.5, 0.6) is 0 Å². The van der Waals surface area contributed by atoms with E-state index in [-0.39, 0.29) is 0 Å². The topological polar surface area (TPSA) is 38.1 Å². The number of terminal acetylenes is 1. The minimum absolute atomic E-state index is 0.387. The Morgan fingerprint density at radius 2 is 2.33 bits per heavy atom. The van der Waals surface area contributed by atoms with Gasteiger partial charge in [0.1, 0.15) is 11.3 Å². The highest BCUT2D eigenvalue weighted by Crippen LogP contribution is 2.24. The van der Waals surface area contributed by atoms with Crippen molar-refractivity contribution in [2.24, 2.45) is 7.05 Å². The maximum absolute atomic E-state index is 9.33. The molecule has 1 unspecified atom stereocenters. The fourth-order valence-electron chi connectivity index (χ4n) is 1.04. The molecular weight excluding hydrogens is 176 g/mol. The lowest BCUT2D eigenvalue weighted by Crippen LogP contribution is -1.95. The van der Waals surface area contributed by atoms with Crippen LogP contribution in [-0.4, -0.2) is 14.9 Å². The molecule has 1 rings (SSSR count). The van der Waals surface area contributed by atoms with Crippen molar-refractivity contribution in [2.45, 2.75) is 13.0 Å². The van der Waals surface area contributed by atoms with E-state index in [9.17, 15) is 5.11 Å². The van der Waals surface area contributed by atoms with Gasteiger partial charge in [0.25, 0.3) is 0 Å². The summed E-state index contributed by atoms with van der Waals surface area (Å²) in [6.07, 6.45) is 4.09. The monoisotopic (exact) mass is 184 g/mol. The molecule has 0 aliphatic carbocycles. The molecule has 0 amide bonds. The van der Waals surface area contributed by atoms with Gasteiger partial charge in [-0.2, -0.15) is 5.10 Å². The molecule has 0 fully saturated rings. The Balaban J connectivity index is 3.24. The fraction of sp³-hybridized carbons (Fsp3) is 0.375. The molecule has 0 saturated heterocycles. The zero-order chi connectivity index (χ0) is 9.30. The number of aliphatic hydroxyl groups excluding tert-OH is 1. The van der Waals surface area contributed by atoms with Crippen LogP contribution in [0.15, 0.2) is 0 Å². The van der Waals surface area contributed by atoms with Crippen molar-refractivity contribution >= 4 is 11.6 Å². The third-order valence-corrected chi connectivity index (χ3v) is 2.08. The van der Waals surface area contributed by atoms with Crippen LogP contribution in [0, 0.1) is 19.3 Å². The minimum atomic E-state index is -0.966. The van der Waals surface area contributed by atoms with Crippen molar-refractivity contribution in [3.8, 4) is 12.3 Å². The third-order valence-electron chi connectivity index (χ3n) is 1.63. The van der Waals surface area contributed by atoms with E-state index >= 15 is 0 Å². The van der Waals surface area contributed by atoms with Gasteiger partial charge in [0, 0.05) is 7.05 Å².